The molecule has 1 saturated carbocycles. The number of aliphatic hydroxyl groups excluding tert-OH is 1. The maximum absolute atomic E-state index is 11.8. The van der Waals surface area contributed by atoms with Gasteiger partial charge >= 0.3 is 5.82 Å². The molecule has 2 N–H and O–H groups in total. The van der Waals surface area contributed by atoms with E-state index in [9.17, 15) is 20.0 Å². The number of amides is 1. The van der Waals surface area contributed by atoms with Crippen molar-refractivity contribution in [3.63, 3.8) is 0 Å². The molecule has 2 atom stereocenters. The number of nitro groups is 1. The van der Waals surface area contributed by atoms with Crippen molar-refractivity contribution in [1.82, 2.24) is 15.1 Å². The van der Waals surface area contributed by atoms with Crippen molar-refractivity contribution >= 4 is 11.7 Å². The lowest BCUT2D eigenvalue weighted by Crippen LogP contribution is -2.46. The van der Waals surface area contributed by atoms with Gasteiger partial charge in [-0.15, -0.1) is 0 Å². The predicted octanol–water partition coefficient (Wildman–Crippen LogP) is 0.211. The molecule has 0 saturated heterocycles. The van der Waals surface area contributed by atoms with E-state index in [4.69, 9.17) is 0 Å². The SMILES string of the molecule is O=C(Cn1ccc([N+](=O)[O-])n1)NC1CCCCC1O. The summed E-state index contributed by atoms with van der Waals surface area (Å²) in [5.41, 5.74) is 0. The van der Waals surface area contributed by atoms with Crippen LogP contribution >= 0.6 is 0 Å². The summed E-state index contributed by atoms with van der Waals surface area (Å²) in [5, 5.41) is 26.6. The first-order valence-electron chi connectivity index (χ1n) is 6.21. The Morgan fingerprint density at radius 1 is 1.58 bits per heavy atom. The van der Waals surface area contributed by atoms with E-state index in [1.165, 1.54) is 16.9 Å². The third kappa shape index (κ3) is 3.50. The highest BCUT2D eigenvalue weighted by Gasteiger charge is 2.25. The highest BCUT2D eigenvalue weighted by atomic mass is 16.6. The fraction of sp³-hybridized carbons (Fsp3) is 0.636. The number of nitrogens with one attached hydrogen (secondary N) is 1. The molecule has 1 aromatic rings. The summed E-state index contributed by atoms with van der Waals surface area (Å²) in [5.74, 6) is -0.588. The lowest BCUT2D eigenvalue weighted by Gasteiger charge is -2.28. The normalized spacial score (nSPS) is 23.0. The third-order valence-electron chi connectivity index (χ3n) is 3.20. The van der Waals surface area contributed by atoms with Gasteiger partial charge in [0.05, 0.1) is 29.5 Å². The van der Waals surface area contributed by atoms with Crippen LogP contribution in [-0.2, 0) is 11.3 Å². The van der Waals surface area contributed by atoms with E-state index in [2.05, 4.69) is 10.4 Å². The Morgan fingerprint density at radius 2 is 2.32 bits per heavy atom. The molecular formula is C11H16N4O4. The first-order chi connectivity index (χ1) is 9.06. The average Bonchev–Trinajstić information content (AvgIpc) is 2.80. The molecule has 0 aliphatic heterocycles. The minimum Gasteiger partial charge on any atom is -0.391 e. The van der Waals surface area contributed by atoms with E-state index < -0.39 is 11.0 Å². The number of aliphatic hydroxyl groups is 1. The zero-order chi connectivity index (χ0) is 13.8. The largest absolute Gasteiger partial charge is 0.391 e. The van der Waals surface area contributed by atoms with Crippen molar-refractivity contribution in [3.8, 4) is 0 Å². The molecule has 2 unspecified atom stereocenters. The number of carbonyl (C=O) groups is 1. The second-order valence-electron chi connectivity index (χ2n) is 4.65. The van der Waals surface area contributed by atoms with Gasteiger partial charge in [-0.05, 0) is 17.8 Å². The van der Waals surface area contributed by atoms with Crippen LogP contribution in [0.1, 0.15) is 25.7 Å². The topological polar surface area (TPSA) is 110 Å². The number of hydrogen-bond acceptors (Lipinski definition) is 5. The average molecular weight is 268 g/mol. The lowest BCUT2D eigenvalue weighted by atomic mass is 9.92. The highest BCUT2D eigenvalue weighted by Crippen LogP contribution is 2.18. The van der Waals surface area contributed by atoms with Gasteiger partial charge in [-0.2, -0.15) is 4.68 Å². The molecule has 1 fully saturated rings. The van der Waals surface area contributed by atoms with Crippen LogP contribution in [0.2, 0.25) is 0 Å². The van der Waals surface area contributed by atoms with Gasteiger partial charge in [-0.25, -0.2) is 0 Å². The van der Waals surface area contributed by atoms with Crippen molar-refractivity contribution in [1.29, 1.82) is 0 Å². The monoisotopic (exact) mass is 268 g/mol. The zero-order valence-electron chi connectivity index (χ0n) is 10.4. The van der Waals surface area contributed by atoms with E-state index >= 15 is 0 Å². The van der Waals surface area contributed by atoms with E-state index in [1.807, 2.05) is 0 Å². The third-order valence-corrected chi connectivity index (χ3v) is 3.20. The number of aromatic nitrogens is 2. The van der Waals surface area contributed by atoms with Crippen molar-refractivity contribution in [2.75, 3.05) is 0 Å². The van der Waals surface area contributed by atoms with E-state index in [0.717, 1.165) is 19.3 Å². The Labute approximate surface area is 109 Å². The maximum atomic E-state index is 11.8. The van der Waals surface area contributed by atoms with Crippen molar-refractivity contribution in [3.05, 3.63) is 22.4 Å². The van der Waals surface area contributed by atoms with Gasteiger partial charge in [0.2, 0.25) is 5.91 Å². The Balaban J connectivity index is 1.87. The van der Waals surface area contributed by atoms with Crippen molar-refractivity contribution in [2.24, 2.45) is 0 Å². The number of hydrogen-bond donors (Lipinski definition) is 2. The van der Waals surface area contributed by atoms with Crippen molar-refractivity contribution < 1.29 is 14.8 Å². The van der Waals surface area contributed by atoms with Crippen LogP contribution < -0.4 is 5.32 Å². The van der Waals surface area contributed by atoms with Crippen LogP contribution in [0.5, 0.6) is 0 Å². The smallest absolute Gasteiger partial charge is 0.389 e. The number of carbonyl (C=O) groups excluding carboxylic acids is 1. The molecule has 0 spiro atoms. The first-order valence-corrected chi connectivity index (χ1v) is 6.21. The molecule has 0 aromatic carbocycles. The van der Waals surface area contributed by atoms with Crippen LogP contribution in [0.15, 0.2) is 12.3 Å². The molecule has 1 aromatic heterocycles. The Kier molecular flexibility index (Phi) is 4.10. The van der Waals surface area contributed by atoms with Crippen LogP contribution in [-0.4, -0.2) is 37.9 Å². The molecule has 8 heteroatoms. The molecule has 1 heterocycles. The maximum Gasteiger partial charge on any atom is 0.389 e. The summed E-state index contributed by atoms with van der Waals surface area (Å²) >= 11 is 0. The van der Waals surface area contributed by atoms with Gasteiger partial charge in [0, 0.05) is 0 Å². The predicted molar refractivity (Wildman–Crippen MR) is 65.3 cm³/mol. The molecule has 0 radical (unpaired) electrons. The van der Waals surface area contributed by atoms with Gasteiger partial charge in [0.15, 0.2) is 0 Å². The summed E-state index contributed by atoms with van der Waals surface area (Å²) in [6.45, 7) is -0.0863. The molecule has 2 rings (SSSR count). The molecule has 0 bridgehead atoms. The van der Waals surface area contributed by atoms with E-state index in [1.54, 1.807) is 0 Å². The quantitative estimate of drug-likeness (QED) is 0.599. The Hall–Kier alpha value is -1.96. The van der Waals surface area contributed by atoms with Gasteiger partial charge in [-0.1, -0.05) is 12.8 Å². The van der Waals surface area contributed by atoms with Gasteiger partial charge in [0.25, 0.3) is 0 Å². The highest BCUT2D eigenvalue weighted by molar-refractivity contribution is 5.76. The minimum atomic E-state index is -0.612. The van der Waals surface area contributed by atoms with Gasteiger partial charge in [-0.3, -0.25) is 4.79 Å². The second kappa shape index (κ2) is 5.79. The standard InChI is InChI=1S/C11H16N4O4/c16-9-4-2-1-3-8(9)12-11(17)7-14-6-5-10(13-14)15(18)19/h5-6,8-9,16H,1-4,7H2,(H,12,17). The van der Waals surface area contributed by atoms with Crippen LogP contribution in [0.25, 0.3) is 0 Å². The molecule has 8 nitrogen and oxygen atoms in total. The fourth-order valence-corrected chi connectivity index (χ4v) is 2.22. The van der Waals surface area contributed by atoms with E-state index in [0.29, 0.717) is 6.42 Å². The van der Waals surface area contributed by atoms with E-state index in [-0.39, 0.29) is 24.3 Å². The van der Waals surface area contributed by atoms with Gasteiger partial charge in [0.1, 0.15) is 6.54 Å². The summed E-state index contributed by atoms with van der Waals surface area (Å²) in [6, 6.07) is 1.01. The number of nitrogens with zero attached hydrogens (tertiary/aromatic N) is 3. The Morgan fingerprint density at radius 3 is 2.95 bits per heavy atom. The molecule has 1 amide bonds. The molecule has 104 valence electrons. The first kappa shape index (κ1) is 13.5. The summed E-state index contributed by atoms with van der Waals surface area (Å²) < 4.78 is 1.21. The van der Waals surface area contributed by atoms with Crippen molar-refractivity contribution in [2.45, 2.75) is 44.4 Å². The minimum absolute atomic E-state index is 0.0863. The lowest BCUT2D eigenvalue weighted by molar-refractivity contribution is -0.389. The number of rotatable bonds is 4. The second-order valence-corrected chi connectivity index (χ2v) is 4.65. The van der Waals surface area contributed by atoms with Crippen LogP contribution in [0.3, 0.4) is 0 Å². The molecule has 19 heavy (non-hydrogen) atoms. The molecular weight excluding hydrogens is 252 g/mol. The Bertz CT molecular complexity index is 473. The zero-order valence-corrected chi connectivity index (χ0v) is 10.4. The summed E-state index contributed by atoms with van der Waals surface area (Å²) in [4.78, 5) is 21.6. The summed E-state index contributed by atoms with van der Waals surface area (Å²) in [7, 11) is 0. The van der Waals surface area contributed by atoms with Crippen LogP contribution in [0.4, 0.5) is 5.82 Å². The fourth-order valence-electron chi connectivity index (χ4n) is 2.22. The molecule has 1 aliphatic rings. The summed E-state index contributed by atoms with van der Waals surface area (Å²) in [6.07, 6.45) is 4.28. The van der Waals surface area contributed by atoms with Crippen LogP contribution in [0, 0.1) is 10.1 Å². The molecule has 1 aliphatic carbocycles. The van der Waals surface area contributed by atoms with Gasteiger partial charge < -0.3 is 20.5 Å².